The number of amides is 1. The number of aryl methyl sites for hydroxylation is 2. The Hall–Kier alpha value is -2.61. The predicted octanol–water partition coefficient (Wildman–Crippen LogP) is 2.42. The Morgan fingerprint density at radius 2 is 2.24 bits per heavy atom. The highest BCUT2D eigenvalue weighted by molar-refractivity contribution is 7.99. The second kappa shape index (κ2) is 7.98. The molecule has 130 valence electrons. The molecule has 0 bridgehead atoms. The summed E-state index contributed by atoms with van der Waals surface area (Å²) in [6.07, 6.45) is 6.93. The van der Waals surface area contributed by atoms with E-state index in [-0.39, 0.29) is 5.91 Å². The monoisotopic (exact) mass is 357 g/mol. The van der Waals surface area contributed by atoms with Gasteiger partial charge in [0.05, 0.1) is 11.4 Å². The number of nitrogens with zero attached hydrogens (tertiary/aromatic N) is 4. The number of rotatable bonds is 7. The van der Waals surface area contributed by atoms with Gasteiger partial charge in [-0.05, 0) is 19.9 Å². The first-order valence-corrected chi connectivity index (χ1v) is 8.99. The van der Waals surface area contributed by atoms with Gasteiger partial charge < -0.3 is 9.84 Å². The molecule has 8 heteroatoms. The molecule has 1 N–H and O–H groups in total. The lowest BCUT2D eigenvalue weighted by molar-refractivity contribution is -0.118. The molecule has 3 aromatic heterocycles. The molecule has 0 fully saturated rings. The first-order chi connectivity index (χ1) is 12.1. The normalized spacial score (nSPS) is 10.8. The van der Waals surface area contributed by atoms with Crippen LogP contribution in [0.4, 0.5) is 0 Å². The van der Waals surface area contributed by atoms with Gasteiger partial charge in [0.2, 0.25) is 5.91 Å². The van der Waals surface area contributed by atoms with E-state index in [1.165, 1.54) is 0 Å². The second-order valence-corrected chi connectivity index (χ2v) is 6.51. The third-order valence-corrected chi connectivity index (χ3v) is 4.71. The maximum atomic E-state index is 12.1. The van der Waals surface area contributed by atoms with Crippen LogP contribution >= 0.6 is 11.8 Å². The SMILES string of the molecule is Cc1noc(C)c1CSCC(=O)NCc1cccnc1-n1ccnc1. The van der Waals surface area contributed by atoms with Crippen LogP contribution in [0.15, 0.2) is 41.6 Å². The lowest BCUT2D eigenvalue weighted by Gasteiger charge is -2.10. The van der Waals surface area contributed by atoms with Crippen molar-refractivity contribution in [1.82, 2.24) is 25.0 Å². The van der Waals surface area contributed by atoms with Gasteiger partial charge in [-0.3, -0.25) is 9.36 Å². The maximum Gasteiger partial charge on any atom is 0.230 e. The van der Waals surface area contributed by atoms with Gasteiger partial charge in [-0.2, -0.15) is 0 Å². The molecule has 0 atom stereocenters. The van der Waals surface area contributed by atoms with Crippen LogP contribution in [0, 0.1) is 13.8 Å². The van der Waals surface area contributed by atoms with Crippen molar-refractivity contribution in [2.24, 2.45) is 0 Å². The molecule has 7 nitrogen and oxygen atoms in total. The molecule has 0 aromatic carbocycles. The van der Waals surface area contributed by atoms with Gasteiger partial charge >= 0.3 is 0 Å². The summed E-state index contributed by atoms with van der Waals surface area (Å²) >= 11 is 1.54. The summed E-state index contributed by atoms with van der Waals surface area (Å²) in [7, 11) is 0. The van der Waals surface area contributed by atoms with Crippen molar-refractivity contribution in [2.75, 3.05) is 5.75 Å². The van der Waals surface area contributed by atoms with Gasteiger partial charge in [-0.25, -0.2) is 9.97 Å². The summed E-state index contributed by atoms with van der Waals surface area (Å²) in [5.41, 5.74) is 2.88. The van der Waals surface area contributed by atoms with Crippen LogP contribution in [0.3, 0.4) is 0 Å². The second-order valence-electron chi connectivity index (χ2n) is 5.53. The number of carbonyl (C=O) groups is 1. The third-order valence-electron chi connectivity index (χ3n) is 3.75. The van der Waals surface area contributed by atoms with E-state index in [0.29, 0.717) is 18.1 Å². The Bertz CT molecular complexity index is 825. The average molecular weight is 357 g/mol. The zero-order valence-corrected chi connectivity index (χ0v) is 14.9. The van der Waals surface area contributed by atoms with Gasteiger partial charge in [0.15, 0.2) is 0 Å². The minimum Gasteiger partial charge on any atom is -0.361 e. The molecule has 0 unspecified atom stereocenters. The standard InChI is InChI=1S/C17H19N5O2S/c1-12-15(13(2)24-21-12)9-25-10-16(23)20-8-14-4-3-5-19-17(14)22-7-6-18-11-22/h3-7,11H,8-10H2,1-2H3,(H,20,23). The third kappa shape index (κ3) is 4.27. The fraction of sp³-hybridized carbons (Fsp3) is 0.294. The number of nitrogens with one attached hydrogen (secondary N) is 1. The molecule has 3 aromatic rings. The van der Waals surface area contributed by atoms with E-state index in [9.17, 15) is 4.79 Å². The quantitative estimate of drug-likeness (QED) is 0.699. The van der Waals surface area contributed by atoms with Gasteiger partial charge in [-0.1, -0.05) is 11.2 Å². The van der Waals surface area contributed by atoms with Gasteiger partial charge in [0.1, 0.15) is 17.9 Å². The summed E-state index contributed by atoms with van der Waals surface area (Å²) in [4.78, 5) is 20.5. The largest absolute Gasteiger partial charge is 0.361 e. The van der Waals surface area contributed by atoms with Crippen LogP contribution in [0.25, 0.3) is 5.82 Å². The highest BCUT2D eigenvalue weighted by Gasteiger charge is 2.11. The molecule has 0 aliphatic heterocycles. The fourth-order valence-electron chi connectivity index (χ4n) is 2.38. The summed E-state index contributed by atoms with van der Waals surface area (Å²) in [5, 5.41) is 6.86. The molecule has 0 saturated carbocycles. The van der Waals surface area contributed by atoms with Gasteiger partial charge in [0.25, 0.3) is 0 Å². The molecule has 0 radical (unpaired) electrons. The van der Waals surface area contributed by atoms with Crippen molar-refractivity contribution in [3.63, 3.8) is 0 Å². The van der Waals surface area contributed by atoms with E-state index in [4.69, 9.17) is 4.52 Å². The van der Waals surface area contributed by atoms with Crippen LogP contribution in [-0.4, -0.2) is 31.4 Å². The van der Waals surface area contributed by atoms with Crippen molar-refractivity contribution in [3.05, 3.63) is 59.6 Å². The molecule has 1 amide bonds. The number of hydrogen-bond acceptors (Lipinski definition) is 6. The van der Waals surface area contributed by atoms with Crippen molar-refractivity contribution in [2.45, 2.75) is 26.1 Å². The van der Waals surface area contributed by atoms with Crippen LogP contribution in [-0.2, 0) is 17.1 Å². The Morgan fingerprint density at radius 3 is 2.96 bits per heavy atom. The van der Waals surface area contributed by atoms with Gasteiger partial charge in [-0.15, -0.1) is 11.8 Å². The minimum absolute atomic E-state index is 0.0165. The summed E-state index contributed by atoms with van der Waals surface area (Å²) in [6.45, 7) is 4.22. The molecule has 0 saturated heterocycles. The first kappa shape index (κ1) is 17.2. The Kier molecular flexibility index (Phi) is 5.49. The lowest BCUT2D eigenvalue weighted by atomic mass is 10.2. The number of aromatic nitrogens is 4. The number of pyridine rings is 1. The minimum atomic E-state index is -0.0165. The smallest absolute Gasteiger partial charge is 0.230 e. The molecule has 0 aliphatic carbocycles. The summed E-state index contributed by atoms with van der Waals surface area (Å²) in [6, 6.07) is 3.80. The predicted molar refractivity (Wildman–Crippen MR) is 95.3 cm³/mol. The molecular weight excluding hydrogens is 338 g/mol. The Balaban J connectivity index is 1.52. The van der Waals surface area contributed by atoms with Crippen LogP contribution in [0.1, 0.15) is 22.6 Å². The molecule has 3 rings (SSSR count). The molecule has 3 heterocycles. The fourth-order valence-corrected chi connectivity index (χ4v) is 3.39. The van der Waals surface area contributed by atoms with E-state index in [2.05, 4.69) is 20.4 Å². The zero-order valence-electron chi connectivity index (χ0n) is 14.1. The zero-order chi connectivity index (χ0) is 17.6. The molecule has 0 spiro atoms. The highest BCUT2D eigenvalue weighted by atomic mass is 32.2. The molecular formula is C17H19N5O2S. The maximum absolute atomic E-state index is 12.1. The number of thioether (sulfide) groups is 1. The number of hydrogen-bond donors (Lipinski definition) is 1. The van der Waals surface area contributed by atoms with Crippen molar-refractivity contribution in [3.8, 4) is 5.82 Å². The van der Waals surface area contributed by atoms with E-state index in [1.807, 2.05) is 36.7 Å². The topological polar surface area (TPSA) is 85.8 Å². The van der Waals surface area contributed by atoms with E-state index >= 15 is 0 Å². The van der Waals surface area contributed by atoms with E-state index in [1.54, 1.807) is 30.5 Å². The molecule has 25 heavy (non-hydrogen) atoms. The summed E-state index contributed by atoms with van der Waals surface area (Å²) < 4.78 is 6.96. The Morgan fingerprint density at radius 1 is 1.36 bits per heavy atom. The van der Waals surface area contributed by atoms with Crippen molar-refractivity contribution < 1.29 is 9.32 Å². The van der Waals surface area contributed by atoms with E-state index in [0.717, 1.165) is 28.4 Å². The lowest BCUT2D eigenvalue weighted by Crippen LogP contribution is -2.25. The van der Waals surface area contributed by atoms with Crippen LogP contribution in [0.2, 0.25) is 0 Å². The summed E-state index contributed by atoms with van der Waals surface area (Å²) in [5.74, 6) is 2.65. The average Bonchev–Trinajstić information content (AvgIpc) is 3.25. The molecule has 0 aliphatic rings. The van der Waals surface area contributed by atoms with Crippen LogP contribution in [0.5, 0.6) is 0 Å². The Labute approximate surface area is 149 Å². The van der Waals surface area contributed by atoms with Crippen molar-refractivity contribution >= 4 is 17.7 Å². The van der Waals surface area contributed by atoms with E-state index < -0.39 is 0 Å². The van der Waals surface area contributed by atoms with Crippen molar-refractivity contribution in [1.29, 1.82) is 0 Å². The number of carbonyl (C=O) groups excluding carboxylic acids is 1. The van der Waals surface area contributed by atoms with Crippen LogP contribution < -0.4 is 5.32 Å². The first-order valence-electron chi connectivity index (χ1n) is 7.83. The highest BCUT2D eigenvalue weighted by Crippen LogP contribution is 2.19. The number of imidazole rings is 1. The van der Waals surface area contributed by atoms with Gasteiger partial charge in [0, 0.05) is 42.0 Å².